The second-order valence-electron chi connectivity index (χ2n) is 24.8. The monoisotopic (exact) mass is 1020 g/mol. The number of rotatable bonds is 10. The van der Waals surface area contributed by atoms with Crippen LogP contribution in [0.1, 0.15) is 150 Å². The summed E-state index contributed by atoms with van der Waals surface area (Å²) in [6.45, 7) is 27.3. The average molecular weight is 1020 g/mol. The molecule has 0 saturated carbocycles. The molecular weight excluding hydrogens is 949 g/mol. The molecule has 0 amide bonds. The lowest BCUT2D eigenvalue weighted by Crippen LogP contribution is -2.11. The second kappa shape index (κ2) is 21.0. The van der Waals surface area contributed by atoms with Crippen LogP contribution in [-0.2, 0) is 21.7 Å². The van der Waals surface area contributed by atoms with Gasteiger partial charge in [0.05, 0.1) is 11.7 Å². The van der Waals surface area contributed by atoms with Crippen LogP contribution < -0.4 is 0 Å². The largest absolute Gasteiger partial charge is 0.172 e. The highest BCUT2D eigenvalue weighted by atomic mass is 32.1. The molecule has 0 aliphatic heterocycles. The Bertz CT molecular complexity index is 3350. The zero-order valence-electron chi connectivity index (χ0n) is 47.1. The van der Waals surface area contributed by atoms with Gasteiger partial charge in [0, 0.05) is 11.1 Å². The minimum absolute atomic E-state index is 0.0464. The molecule has 77 heavy (non-hydrogen) atoms. The molecule has 0 aliphatic carbocycles. The summed E-state index contributed by atoms with van der Waals surface area (Å²) in [6, 6.07) is 81.2. The summed E-state index contributed by atoms with van der Waals surface area (Å²) in [5, 5.41) is 0. The molecule has 0 bridgehead atoms. The van der Waals surface area contributed by atoms with Gasteiger partial charge in [0.2, 0.25) is 0 Å². The Morgan fingerprint density at radius 3 is 0.675 bits per heavy atom. The van der Waals surface area contributed by atoms with Crippen molar-refractivity contribution in [1.29, 1.82) is 0 Å². The molecule has 0 unspecified atom stereocenters. The fourth-order valence-electron chi connectivity index (χ4n) is 10.5. The summed E-state index contributed by atoms with van der Waals surface area (Å²) in [5.41, 5.74) is 25.8. The minimum Gasteiger partial charge on any atom is -0.172 e. The lowest BCUT2D eigenvalue weighted by atomic mass is 9.81. The molecule has 0 spiro atoms. The third-order valence-electron chi connectivity index (χ3n) is 15.2. The zero-order chi connectivity index (χ0) is 54.3. The summed E-state index contributed by atoms with van der Waals surface area (Å²) in [5.74, 6) is 0. The van der Waals surface area contributed by atoms with Crippen molar-refractivity contribution < 1.29 is 0 Å². The lowest BCUT2D eigenvalue weighted by Gasteiger charge is -2.23. The molecule has 1 aromatic heterocycles. The summed E-state index contributed by atoms with van der Waals surface area (Å²) >= 11 is 1.27. The third-order valence-corrected chi connectivity index (χ3v) is 15.7. The topological polar surface area (TPSA) is 25.8 Å². The fraction of sp³-hybridized carbons (Fsp3) is 0.216. The van der Waals surface area contributed by atoms with Crippen molar-refractivity contribution in [3.63, 3.8) is 0 Å². The molecule has 3 heteroatoms. The second-order valence-corrected chi connectivity index (χ2v) is 25.3. The first-order valence-corrected chi connectivity index (χ1v) is 28.0. The van der Waals surface area contributed by atoms with E-state index in [0.29, 0.717) is 0 Å². The van der Waals surface area contributed by atoms with Gasteiger partial charge >= 0.3 is 0 Å². The van der Waals surface area contributed by atoms with E-state index in [1.807, 2.05) is 0 Å². The maximum Gasteiger partial charge on any atom is 0.113 e. The van der Waals surface area contributed by atoms with Crippen LogP contribution in [0, 0.1) is 0 Å². The van der Waals surface area contributed by atoms with Gasteiger partial charge in [-0.25, -0.2) is 0 Å². The summed E-state index contributed by atoms with van der Waals surface area (Å²) in [7, 11) is 0. The predicted octanol–water partition coefficient (Wildman–Crippen LogP) is 20.2. The van der Waals surface area contributed by atoms with Gasteiger partial charge in [-0.2, -0.15) is 8.75 Å². The lowest BCUT2D eigenvalue weighted by molar-refractivity contribution is 0.590. The summed E-state index contributed by atoms with van der Waals surface area (Å²) in [6.07, 6.45) is 0. The van der Waals surface area contributed by atoms with Crippen molar-refractivity contribution in [3.8, 4) is 22.3 Å². The van der Waals surface area contributed by atoms with Crippen LogP contribution >= 0.6 is 11.7 Å². The van der Waals surface area contributed by atoms with Gasteiger partial charge in [0.25, 0.3) is 0 Å². The minimum atomic E-state index is 0.0464. The molecule has 0 radical (unpaired) electrons. The predicted molar refractivity (Wildman–Crippen MR) is 332 cm³/mol. The fourth-order valence-corrected chi connectivity index (χ4v) is 11.1. The van der Waals surface area contributed by atoms with Gasteiger partial charge in [-0.3, -0.25) is 0 Å². The van der Waals surface area contributed by atoms with Crippen LogP contribution in [0.2, 0.25) is 0 Å². The van der Waals surface area contributed by atoms with Crippen LogP contribution in [0.3, 0.4) is 0 Å². The van der Waals surface area contributed by atoms with E-state index in [2.05, 4.69) is 301 Å². The Morgan fingerprint density at radius 1 is 0.247 bits per heavy atom. The van der Waals surface area contributed by atoms with Crippen LogP contribution in [0.25, 0.3) is 55.6 Å². The Kier molecular flexibility index (Phi) is 14.4. The number of hydrogen-bond acceptors (Lipinski definition) is 3. The van der Waals surface area contributed by atoms with Crippen LogP contribution in [0.15, 0.2) is 218 Å². The number of aromatic nitrogens is 2. The average Bonchev–Trinajstić information content (AvgIpc) is 3.93. The van der Waals surface area contributed by atoms with Gasteiger partial charge in [-0.15, -0.1) is 0 Å². The number of fused-ring (bicyclic) bond motifs is 1. The molecule has 0 atom stereocenters. The van der Waals surface area contributed by atoms with Crippen LogP contribution in [-0.4, -0.2) is 8.75 Å². The molecule has 1 heterocycles. The van der Waals surface area contributed by atoms with Gasteiger partial charge in [0.15, 0.2) is 0 Å². The molecule has 0 fully saturated rings. The van der Waals surface area contributed by atoms with E-state index < -0.39 is 0 Å². The smallest absolute Gasteiger partial charge is 0.113 e. The quantitative estimate of drug-likeness (QED) is 0.128. The van der Waals surface area contributed by atoms with E-state index in [9.17, 15) is 0 Å². The van der Waals surface area contributed by atoms with E-state index >= 15 is 0 Å². The zero-order valence-corrected chi connectivity index (χ0v) is 47.9. The summed E-state index contributed by atoms with van der Waals surface area (Å²) < 4.78 is 9.95. The molecule has 10 aromatic rings. The summed E-state index contributed by atoms with van der Waals surface area (Å²) in [4.78, 5) is 0. The van der Waals surface area contributed by atoms with E-state index in [-0.39, 0.29) is 21.7 Å². The van der Waals surface area contributed by atoms with Crippen molar-refractivity contribution in [2.24, 2.45) is 0 Å². The molecule has 9 aromatic carbocycles. The third kappa shape index (κ3) is 11.3. The van der Waals surface area contributed by atoms with Crippen molar-refractivity contribution in [2.45, 2.75) is 105 Å². The molecule has 384 valence electrons. The highest BCUT2D eigenvalue weighted by Crippen LogP contribution is 2.43. The van der Waals surface area contributed by atoms with E-state index in [1.54, 1.807) is 0 Å². The highest BCUT2D eigenvalue weighted by Gasteiger charge is 2.24. The Labute approximate surface area is 463 Å². The molecule has 0 N–H and O–H groups in total. The molecule has 10 rings (SSSR count). The molecular formula is C74H72N2S. The molecule has 2 nitrogen and oxygen atoms in total. The van der Waals surface area contributed by atoms with E-state index in [1.165, 1.54) is 89.7 Å². The van der Waals surface area contributed by atoms with Gasteiger partial charge in [-0.1, -0.05) is 301 Å². The Hall–Kier alpha value is -7.72. The maximum atomic E-state index is 4.97. The number of hydrogen-bond donors (Lipinski definition) is 0. The van der Waals surface area contributed by atoms with Crippen molar-refractivity contribution in [1.82, 2.24) is 8.75 Å². The van der Waals surface area contributed by atoms with E-state index in [4.69, 9.17) is 8.75 Å². The first-order chi connectivity index (χ1) is 36.7. The normalized spacial score (nSPS) is 12.2. The Morgan fingerprint density at radius 2 is 0.455 bits per heavy atom. The van der Waals surface area contributed by atoms with Crippen LogP contribution in [0.5, 0.6) is 0 Å². The standard InChI is InChI=1S/C74H72N2S/c1-71(2,3)59-39-31-55(32-40-59)67(56-33-41-60(42-34-56)72(4,5)6)65(51-19-15-13-16-20-51)53-27-23-49(24-28-53)63-47-48-64(70-69(63)75-77-76-70)50-25-29-54(30-26-50)66(52-21-17-14-18-22-52)68(57-35-43-61(44-36-57)73(7,8)9)58-37-45-62(46-38-58)74(10,11)12/h13-48H,1-12H3. The maximum absolute atomic E-state index is 4.97. The number of nitrogens with zero attached hydrogens (tertiary/aromatic N) is 2. The first kappa shape index (κ1) is 52.7. The van der Waals surface area contributed by atoms with E-state index in [0.717, 1.165) is 44.4 Å². The van der Waals surface area contributed by atoms with Crippen molar-refractivity contribution in [3.05, 3.63) is 285 Å². The van der Waals surface area contributed by atoms with Gasteiger partial charge in [0.1, 0.15) is 11.0 Å². The molecule has 0 saturated heterocycles. The molecule has 0 aliphatic rings. The highest BCUT2D eigenvalue weighted by molar-refractivity contribution is 7.00. The number of benzene rings is 9. The van der Waals surface area contributed by atoms with Crippen molar-refractivity contribution in [2.75, 3.05) is 0 Å². The van der Waals surface area contributed by atoms with Crippen molar-refractivity contribution >= 4 is 45.1 Å². The Balaban J connectivity index is 1.05. The van der Waals surface area contributed by atoms with Gasteiger partial charge in [-0.05, 0) is 122 Å². The SMILES string of the molecule is CC(C)(C)c1ccc(C(=C(c2ccccc2)c2ccc(-c3ccc(-c4ccc(C(=C(c5ccc(C(C)(C)C)cc5)c5ccc(C(C)(C)C)cc5)c5ccccc5)cc4)c4nsnc34)cc2)c2ccc(C(C)(C)C)cc2)cc1. The first-order valence-electron chi connectivity index (χ1n) is 27.2. The van der Waals surface area contributed by atoms with Crippen LogP contribution in [0.4, 0.5) is 0 Å². The van der Waals surface area contributed by atoms with Gasteiger partial charge < -0.3 is 0 Å².